The van der Waals surface area contributed by atoms with Crippen LogP contribution in [-0.4, -0.2) is 10.9 Å². The van der Waals surface area contributed by atoms with Crippen molar-refractivity contribution in [1.82, 2.24) is 4.98 Å². The van der Waals surface area contributed by atoms with Gasteiger partial charge in [0.05, 0.1) is 26.9 Å². The van der Waals surface area contributed by atoms with Gasteiger partial charge in [0, 0.05) is 17.7 Å². The van der Waals surface area contributed by atoms with Crippen LogP contribution >= 0.6 is 11.3 Å². The lowest BCUT2D eigenvalue weighted by Gasteiger charge is -2.06. The molecule has 0 aliphatic rings. The van der Waals surface area contributed by atoms with Crippen molar-refractivity contribution in [2.75, 3.05) is 5.32 Å². The van der Waals surface area contributed by atoms with Gasteiger partial charge in [0.1, 0.15) is 0 Å². The lowest BCUT2D eigenvalue weighted by Crippen LogP contribution is -2.11. The van der Waals surface area contributed by atoms with E-state index >= 15 is 0 Å². The SMILES string of the molecule is N#Cc1ccc(C(=O)Nc2ccc(Cc3nc4ccccc4s3)cc2)cc1. The Balaban J connectivity index is 1.43. The van der Waals surface area contributed by atoms with Crippen molar-refractivity contribution in [2.45, 2.75) is 6.42 Å². The Labute approximate surface area is 160 Å². The third-order valence-corrected chi connectivity index (χ3v) is 5.22. The number of nitriles is 1. The average Bonchev–Trinajstić information content (AvgIpc) is 3.12. The maximum atomic E-state index is 12.3. The summed E-state index contributed by atoms with van der Waals surface area (Å²) in [6, 6.07) is 24.5. The molecule has 4 rings (SSSR count). The number of rotatable bonds is 4. The van der Waals surface area contributed by atoms with Gasteiger partial charge in [0.2, 0.25) is 0 Å². The Kier molecular flexibility index (Phi) is 4.65. The van der Waals surface area contributed by atoms with E-state index in [-0.39, 0.29) is 5.91 Å². The number of hydrogen-bond acceptors (Lipinski definition) is 4. The molecule has 0 aliphatic carbocycles. The number of carbonyl (C=O) groups excluding carboxylic acids is 1. The van der Waals surface area contributed by atoms with E-state index in [1.54, 1.807) is 35.6 Å². The van der Waals surface area contributed by atoms with Crippen molar-refractivity contribution in [3.05, 3.63) is 94.5 Å². The lowest BCUT2D eigenvalue weighted by molar-refractivity contribution is 0.102. The number of carbonyl (C=O) groups is 1. The Bertz CT molecular complexity index is 1110. The van der Waals surface area contributed by atoms with E-state index in [0.717, 1.165) is 28.2 Å². The molecule has 1 aromatic heterocycles. The Morgan fingerprint density at radius 2 is 1.74 bits per heavy atom. The standard InChI is InChI=1S/C22H15N3OS/c23-14-16-5-9-17(10-6-16)22(26)24-18-11-7-15(8-12-18)13-21-25-19-3-1-2-4-20(19)27-21/h1-12H,13H2,(H,24,26). The van der Waals surface area contributed by atoms with Crippen LogP contribution in [0.3, 0.4) is 0 Å². The monoisotopic (exact) mass is 369 g/mol. The van der Waals surface area contributed by atoms with E-state index in [1.165, 1.54) is 4.70 Å². The molecular weight excluding hydrogens is 354 g/mol. The summed E-state index contributed by atoms with van der Waals surface area (Å²) < 4.78 is 1.19. The largest absolute Gasteiger partial charge is 0.322 e. The number of nitrogens with one attached hydrogen (secondary N) is 1. The maximum Gasteiger partial charge on any atom is 0.255 e. The highest BCUT2D eigenvalue weighted by Gasteiger charge is 2.07. The average molecular weight is 369 g/mol. The summed E-state index contributed by atoms with van der Waals surface area (Å²) in [6.07, 6.45) is 0.767. The summed E-state index contributed by atoms with van der Waals surface area (Å²) >= 11 is 1.70. The number of aromatic nitrogens is 1. The number of anilines is 1. The highest BCUT2D eigenvalue weighted by Crippen LogP contribution is 2.24. The Morgan fingerprint density at radius 3 is 2.44 bits per heavy atom. The van der Waals surface area contributed by atoms with E-state index in [1.807, 2.05) is 48.5 Å². The first-order valence-corrected chi connectivity index (χ1v) is 9.28. The van der Waals surface area contributed by atoms with Crippen LogP contribution in [0.5, 0.6) is 0 Å². The molecule has 1 amide bonds. The summed E-state index contributed by atoms with van der Waals surface area (Å²) in [6.45, 7) is 0. The predicted octanol–water partition coefficient (Wildman–Crippen LogP) is 5.01. The highest BCUT2D eigenvalue weighted by atomic mass is 32.1. The molecule has 3 aromatic carbocycles. The van der Waals surface area contributed by atoms with E-state index in [4.69, 9.17) is 5.26 Å². The quantitative estimate of drug-likeness (QED) is 0.550. The van der Waals surface area contributed by atoms with Gasteiger partial charge >= 0.3 is 0 Å². The van der Waals surface area contributed by atoms with E-state index in [0.29, 0.717) is 11.1 Å². The van der Waals surface area contributed by atoms with Gasteiger partial charge in [-0.3, -0.25) is 4.79 Å². The summed E-state index contributed by atoms with van der Waals surface area (Å²) in [5, 5.41) is 12.8. The number of fused-ring (bicyclic) bond motifs is 1. The second-order valence-electron chi connectivity index (χ2n) is 6.09. The van der Waals surface area contributed by atoms with Crippen LogP contribution in [0.4, 0.5) is 5.69 Å². The molecule has 0 atom stereocenters. The molecule has 0 aliphatic heterocycles. The van der Waals surface area contributed by atoms with E-state index < -0.39 is 0 Å². The molecule has 1 heterocycles. The molecule has 0 unspecified atom stereocenters. The number of nitrogens with zero attached hydrogens (tertiary/aromatic N) is 2. The van der Waals surface area contributed by atoms with Gasteiger partial charge in [-0.15, -0.1) is 11.3 Å². The van der Waals surface area contributed by atoms with Gasteiger partial charge in [-0.05, 0) is 54.1 Å². The van der Waals surface area contributed by atoms with E-state index in [2.05, 4.69) is 16.4 Å². The fraction of sp³-hybridized carbons (Fsp3) is 0.0455. The smallest absolute Gasteiger partial charge is 0.255 e. The minimum atomic E-state index is -0.196. The molecule has 0 saturated heterocycles. The molecule has 1 N–H and O–H groups in total. The highest BCUT2D eigenvalue weighted by molar-refractivity contribution is 7.18. The van der Waals surface area contributed by atoms with Crippen molar-refractivity contribution in [1.29, 1.82) is 5.26 Å². The topological polar surface area (TPSA) is 65.8 Å². The number of para-hydroxylation sites is 1. The van der Waals surface area contributed by atoms with Crippen LogP contribution in [0.2, 0.25) is 0 Å². The third kappa shape index (κ3) is 3.86. The van der Waals surface area contributed by atoms with Crippen LogP contribution in [0.25, 0.3) is 10.2 Å². The summed E-state index contributed by atoms with van der Waals surface area (Å²) in [4.78, 5) is 16.9. The fourth-order valence-electron chi connectivity index (χ4n) is 2.78. The number of amides is 1. The molecule has 0 fully saturated rings. The zero-order valence-electron chi connectivity index (χ0n) is 14.3. The zero-order valence-corrected chi connectivity index (χ0v) is 15.2. The molecule has 5 heteroatoms. The minimum Gasteiger partial charge on any atom is -0.322 e. The molecule has 130 valence electrons. The Hall–Kier alpha value is -3.49. The molecular formula is C22H15N3OS. The normalized spacial score (nSPS) is 10.5. The molecule has 4 nitrogen and oxygen atoms in total. The lowest BCUT2D eigenvalue weighted by atomic mass is 10.1. The van der Waals surface area contributed by atoms with Gasteiger partial charge in [0.25, 0.3) is 5.91 Å². The number of thiazole rings is 1. The van der Waals surface area contributed by atoms with Crippen molar-refractivity contribution >= 4 is 33.1 Å². The first-order valence-electron chi connectivity index (χ1n) is 8.46. The van der Waals surface area contributed by atoms with Crippen LogP contribution in [0.15, 0.2) is 72.8 Å². The molecule has 0 radical (unpaired) electrons. The third-order valence-electron chi connectivity index (χ3n) is 4.18. The van der Waals surface area contributed by atoms with Crippen LogP contribution < -0.4 is 5.32 Å². The number of benzene rings is 3. The summed E-state index contributed by atoms with van der Waals surface area (Å²) in [7, 11) is 0. The molecule has 0 bridgehead atoms. The van der Waals surface area contributed by atoms with Gasteiger partial charge in [-0.1, -0.05) is 24.3 Å². The van der Waals surface area contributed by atoms with E-state index in [9.17, 15) is 4.79 Å². The minimum absolute atomic E-state index is 0.196. The van der Waals surface area contributed by atoms with Gasteiger partial charge < -0.3 is 5.32 Å². The first-order chi connectivity index (χ1) is 13.2. The maximum absolute atomic E-state index is 12.3. The van der Waals surface area contributed by atoms with Crippen LogP contribution in [0.1, 0.15) is 26.5 Å². The predicted molar refractivity (Wildman–Crippen MR) is 108 cm³/mol. The molecule has 4 aromatic rings. The van der Waals surface area contributed by atoms with Gasteiger partial charge in [-0.25, -0.2) is 4.98 Å². The summed E-state index contributed by atoms with van der Waals surface area (Å²) in [5.74, 6) is -0.196. The summed E-state index contributed by atoms with van der Waals surface area (Å²) in [5.41, 5.74) is 3.96. The molecule has 0 spiro atoms. The van der Waals surface area contributed by atoms with Gasteiger partial charge in [0.15, 0.2) is 0 Å². The number of hydrogen-bond donors (Lipinski definition) is 1. The molecule has 27 heavy (non-hydrogen) atoms. The second kappa shape index (κ2) is 7.40. The fourth-order valence-corrected chi connectivity index (χ4v) is 3.78. The van der Waals surface area contributed by atoms with Gasteiger partial charge in [-0.2, -0.15) is 5.26 Å². The Morgan fingerprint density at radius 1 is 1.00 bits per heavy atom. The van der Waals surface area contributed by atoms with Crippen LogP contribution in [0, 0.1) is 11.3 Å². The second-order valence-corrected chi connectivity index (χ2v) is 7.21. The van der Waals surface area contributed by atoms with Crippen molar-refractivity contribution in [3.8, 4) is 6.07 Å². The van der Waals surface area contributed by atoms with Crippen molar-refractivity contribution in [2.24, 2.45) is 0 Å². The van der Waals surface area contributed by atoms with Crippen molar-refractivity contribution < 1.29 is 4.79 Å². The van der Waals surface area contributed by atoms with Crippen LogP contribution in [-0.2, 0) is 6.42 Å². The first kappa shape index (κ1) is 17.0. The molecule has 0 saturated carbocycles. The zero-order chi connectivity index (χ0) is 18.6. The van der Waals surface area contributed by atoms with Crippen molar-refractivity contribution in [3.63, 3.8) is 0 Å².